The van der Waals surface area contributed by atoms with Gasteiger partial charge >= 0.3 is 0 Å². The van der Waals surface area contributed by atoms with E-state index in [2.05, 4.69) is 17.4 Å². The number of nitrogens with one attached hydrogen (secondary N) is 1. The Hall–Kier alpha value is -1.00. The number of likely N-dealkylation sites (tertiary alicyclic amines) is 1. The minimum atomic E-state index is 0.290. The van der Waals surface area contributed by atoms with E-state index >= 15 is 0 Å². The van der Waals surface area contributed by atoms with Gasteiger partial charge in [0.05, 0.1) is 5.75 Å². The van der Waals surface area contributed by atoms with Gasteiger partial charge in [-0.1, -0.05) is 18.2 Å². The maximum absolute atomic E-state index is 12.1. The molecule has 2 saturated heterocycles. The van der Waals surface area contributed by atoms with E-state index in [9.17, 15) is 4.79 Å². The smallest absolute Gasteiger partial charge is 0.232 e. The molecule has 0 saturated carbocycles. The number of benzene rings is 1. The number of rotatable bonds is 3. The van der Waals surface area contributed by atoms with E-state index in [1.165, 1.54) is 4.90 Å². The highest BCUT2D eigenvalue weighted by molar-refractivity contribution is 8.00. The van der Waals surface area contributed by atoms with Crippen molar-refractivity contribution in [3.63, 3.8) is 0 Å². The maximum Gasteiger partial charge on any atom is 0.232 e. The molecule has 1 aromatic carbocycles. The Morgan fingerprint density at radius 3 is 2.56 bits per heavy atom. The number of hydrogen-bond donors (Lipinski definition) is 1. The van der Waals surface area contributed by atoms with Crippen molar-refractivity contribution in [1.29, 1.82) is 0 Å². The lowest BCUT2D eigenvalue weighted by Gasteiger charge is -2.17. The van der Waals surface area contributed by atoms with E-state index in [-0.39, 0.29) is 0 Å². The molecule has 2 aliphatic heterocycles. The lowest BCUT2D eigenvalue weighted by atomic mass is 10.0. The van der Waals surface area contributed by atoms with E-state index in [4.69, 9.17) is 0 Å². The van der Waals surface area contributed by atoms with E-state index in [0.717, 1.165) is 26.2 Å². The average Bonchev–Trinajstić information content (AvgIpc) is 2.98. The second-order valence-corrected chi connectivity index (χ2v) is 6.13. The van der Waals surface area contributed by atoms with E-state index in [1.54, 1.807) is 11.8 Å². The molecule has 2 aliphatic rings. The Bertz CT molecular complexity index is 411. The predicted octanol–water partition coefficient (Wildman–Crippen LogP) is 1.46. The molecule has 2 heterocycles. The summed E-state index contributed by atoms with van der Waals surface area (Å²) in [6.07, 6.45) is 0. The van der Waals surface area contributed by atoms with Crippen LogP contribution in [-0.2, 0) is 4.79 Å². The molecule has 96 valence electrons. The number of thioether (sulfide) groups is 1. The number of amides is 1. The maximum atomic E-state index is 12.1. The lowest BCUT2D eigenvalue weighted by Crippen LogP contribution is -2.33. The summed E-state index contributed by atoms with van der Waals surface area (Å²) >= 11 is 1.64. The monoisotopic (exact) mass is 262 g/mol. The molecule has 0 aromatic heterocycles. The van der Waals surface area contributed by atoms with Crippen LogP contribution in [0.1, 0.15) is 0 Å². The van der Waals surface area contributed by atoms with Crippen molar-refractivity contribution in [3.05, 3.63) is 30.3 Å². The van der Waals surface area contributed by atoms with Crippen molar-refractivity contribution in [2.45, 2.75) is 4.90 Å². The normalized spacial score (nSPS) is 26.3. The van der Waals surface area contributed by atoms with Crippen LogP contribution in [0.4, 0.5) is 0 Å². The molecule has 2 atom stereocenters. The Balaban J connectivity index is 1.50. The van der Waals surface area contributed by atoms with Crippen molar-refractivity contribution in [2.75, 3.05) is 31.9 Å². The fourth-order valence-electron chi connectivity index (χ4n) is 2.81. The van der Waals surface area contributed by atoms with Gasteiger partial charge in [-0.25, -0.2) is 0 Å². The predicted molar refractivity (Wildman–Crippen MR) is 73.6 cm³/mol. The summed E-state index contributed by atoms with van der Waals surface area (Å²) in [6.45, 7) is 4.07. The summed E-state index contributed by atoms with van der Waals surface area (Å²) in [5, 5.41) is 3.40. The van der Waals surface area contributed by atoms with Crippen LogP contribution < -0.4 is 5.32 Å². The molecule has 0 aliphatic carbocycles. The van der Waals surface area contributed by atoms with Crippen LogP contribution >= 0.6 is 11.8 Å². The molecule has 3 nitrogen and oxygen atoms in total. The highest BCUT2D eigenvalue weighted by atomic mass is 32.2. The molecule has 1 N–H and O–H groups in total. The average molecular weight is 262 g/mol. The van der Waals surface area contributed by atoms with Gasteiger partial charge in [-0.15, -0.1) is 11.8 Å². The number of carbonyl (C=O) groups excluding carboxylic acids is 1. The topological polar surface area (TPSA) is 32.3 Å². The van der Waals surface area contributed by atoms with Crippen molar-refractivity contribution in [3.8, 4) is 0 Å². The second-order valence-electron chi connectivity index (χ2n) is 5.08. The van der Waals surface area contributed by atoms with Crippen molar-refractivity contribution in [1.82, 2.24) is 10.2 Å². The standard InChI is InChI=1S/C14H18N2OS/c17-14(10-18-13-4-2-1-3-5-13)16-8-11-6-15-7-12(11)9-16/h1-5,11-12,15H,6-10H2/t11-,12+. The molecule has 0 radical (unpaired) electrons. The number of fused-ring (bicyclic) bond motifs is 1. The fraction of sp³-hybridized carbons (Fsp3) is 0.500. The minimum absolute atomic E-state index is 0.290. The fourth-order valence-corrected chi connectivity index (χ4v) is 3.63. The molecule has 4 heteroatoms. The first-order chi connectivity index (χ1) is 8.83. The number of hydrogen-bond acceptors (Lipinski definition) is 3. The summed E-state index contributed by atoms with van der Waals surface area (Å²) in [7, 11) is 0. The van der Waals surface area contributed by atoms with Crippen LogP contribution in [0.5, 0.6) is 0 Å². The summed E-state index contributed by atoms with van der Waals surface area (Å²) in [4.78, 5) is 15.4. The lowest BCUT2D eigenvalue weighted by molar-refractivity contribution is -0.127. The second kappa shape index (κ2) is 5.33. The third-order valence-corrected chi connectivity index (χ3v) is 4.84. The van der Waals surface area contributed by atoms with Crippen molar-refractivity contribution >= 4 is 17.7 Å². The third kappa shape index (κ3) is 2.54. The van der Waals surface area contributed by atoms with Crippen LogP contribution in [0.2, 0.25) is 0 Å². The molecule has 1 aromatic rings. The van der Waals surface area contributed by atoms with Gasteiger partial charge < -0.3 is 10.2 Å². The first-order valence-corrected chi connectivity index (χ1v) is 7.48. The molecule has 1 amide bonds. The molecule has 2 fully saturated rings. The minimum Gasteiger partial charge on any atom is -0.341 e. The van der Waals surface area contributed by atoms with Crippen LogP contribution in [0.3, 0.4) is 0 Å². The zero-order valence-electron chi connectivity index (χ0n) is 10.3. The van der Waals surface area contributed by atoms with E-state index in [1.807, 2.05) is 23.1 Å². The molecular weight excluding hydrogens is 244 g/mol. The van der Waals surface area contributed by atoms with Gasteiger partial charge in [-0.3, -0.25) is 4.79 Å². The molecule has 18 heavy (non-hydrogen) atoms. The Labute approximate surface area is 112 Å². The highest BCUT2D eigenvalue weighted by Gasteiger charge is 2.37. The molecule has 0 bridgehead atoms. The van der Waals surface area contributed by atoms with Crippen LogP contribution in [-0.4, -0.2) is 42.7 Å². The Morgan fingerprint density at radius 2 is 1.89 bits per heavy atom. The van der Waals surface area contributed by atoms with Gasteiger partial charge in [0.15, 0.2) is 0 Å². The third-order valence-electron chi connectivity index (χ3n) is 3.85. The van der Waals surface area contributed by atoms with Gasteiger partial charge in [0.25, 0.3) is 0 Å². The zero-order chi connectivity index (χ0) is 12.4. The van der Waals surface area contributed by atoms with Crippen molar-refractivity contribution < 1.29 is 4.79 Å². The first-order valence-electron chi connectivity index (χ1n) is 6.49. The van der Waals surface area contributed by atoms with Gasteiger partial charge in [-0.05, 0) is 24.0 Å². The quantitative estimate of drug-likeness (QED) is 0.837. The Kier molecular flexibility index (Phi) is 3.57. The summed E-state index contributed by atoms with van der Waals surface area (Å²) in [5.74, 6) is 2.24. The van der Waals surface area contributed by atoms with Crippen LogP contribution in [0.25, 0.3) is 0 Å². The SMILES string of the molecule is O=C(CSc1ccccc1)N1C[C@H]2CNC[C@H]2C1. The van der Waals surface area contributed by atoms with Crippen molar-refractivity contribution in [2.24, 2.45) is 11.8 Å². The van der Waals surface area contributed by atoms with Crippen LogP contribution in [0.15, 0.2) is 35.2 Å². The zero-order valence-corrected chi connectivity index (χ0v) is 11.2. The van der Waals surface area contributed by atoms with Crippen LogP contribution in [0, 0.1) is 11.8 Å². The molecule has 3 rings (SSSR count). The molecule has 0 unspecified atom stereocenters. The number of nitrogens with zero attached hydrogens (tertiary/aromatic N) is 1. The summed E-state index contributed by atoms with van der Waals surface area (Å²) < 4.78 is 0. The molecular formula is C14H18N2OS. The van der Waals surface area contributed by atoms with Gasteiger partial charge in [0.1, 0.15) is 0 Å². The van der Waals surface area contributed by atoms with E-state index in [0.29, 0.717) is 23.5 Å². The van der Waals surface area contributed by atoms with Gasteiger partial charge in [0.2, 0.25) is 5.91 Å². The van der Waals surface area contributed by atoms with E-state index < -0.39 is 0 Å². The Morgan fingerprint density at radius 1 is 1.22 bits per heavy atom. The summed E-state index contributed by atoms with van der Waals surface area (Å²) in [5.41, 5.74) is 0. The largest absolute Gasteiger partial charge is 0.341 e. The highest BCUT2D eigenvalue weighted by Crippen LogP contribution is 2.27. The summed E-state index contributed by atoms with van der Waals surface area (Å²) in [6, 6.07) is 10.1. The first kappa shape index (κ1) is 12.1. The van der Waals surface area contributed by atoms with Gasteiger partial charge in [0, 0.05) is 31.1 Å². The number of carbonyl (C=O) groups is 1. The van der Waals surface area contributed by atoms with Gasteiger partial charge in [-0.2, -0.15) is 0 Å². The molecule has 0 spiro atoms.